The van der Waals surface area contributed by atoms with E-state index >= 15 is 0 Å². The van der Waals surface area contributed by atoms with E-state index in [9.17, 15) is 17.6 Å². The van der Waals surface area contributed by atoms with Crippen molar-refractivity contribution in [3.63, 3.8) is 0 Å². The van der Waals surface area contributed by atoms with Gasteiger partial charge in [-0.3, -0.25) is 4.79 Å². The maximum atomic E-state index is 13.4. The number of halogens is 1. The second-order valence-electron chi connectivity index (χ2n) is 5.11. The highest BCUT2D eigenvalue weighted by Crippen LogP contribution is 2.23. The van der Waals surface area contributed by atoms with Crippen LogP contribution in [0.5, 0.6) is 0 Å². The first-order valence-electron chi connectivity index (χ1n) is 6.43. The van der Waals surface area contributed by atoms with Gasteiger partial charge in [0.1, 0.15) is 10.7 Å². The summed E-state index contributed by atoms with van der Waals surface area (Å²) in [5.74, 6) is -0.979. The predicted octanol–water partition coefficient (Wildman–Crippen LogP) is 0.801. The molecule has 0 heterocycles. The van der Waals surface area contributed by atoms with E-state index in [1.54, 1.807) is 0 Å². The molecule has 1 aromatic rings. The molecule has 21 heavy (non-hydrogen) atoms. The molecule has 0 aliphatic heterocycles. The summed E-state index contributed by atoms with van der Waals surface area (Å²) in [4.78, 5) is 11.3. The summed E-state index contributed by atoms with van der Waals surface area (Å²) in [6.07, 6.45) is 0. The van der Waals surface area contributed by atoms with Crippen molar-refractivity contribution in [2.24, 2.45) is 5.92 Å². The van der Waals surface area contributed by atoms with Crippen LogP contribution in [-0.4, -0.2) is 38.8 Å². The number of rotatable bonds is 6. The van der Waals surface area contributed by atoms with Crippen LogP contribution in [0.25, 0.3) is 0 Å². The third-order valence-corrected chi connectivity index (χ3v) is 4.64. The molecule has 1 amide bonds. The summed E-state index contributed by atoms with van der Waals surface area (Å²) in [5, 5.41) is 2.61. The number of amides is 1. The first kappa shape index (κ1) is 17.4. The third kappa shape index (κ3) is 4.40. The number of hydrogen-bond donors (Lipinski definition) is 2. The van der Waals surface area contributed by atoms with Gasteiger partial charge in [0.15, 0.2) is 0 Å². The highest BCUT2D eigenvalue weighted by molar-refractivity contribution is 7.89. The fourth-order valence-electron chi connectivity index (χ4n) is 1.57. The van der Waals surface area contributed by atoms with Gasteiger partial charge in [0.25, 0.3) is 0 Å². The van der Waals surface area contributed by atoms with E-state index in [2.05, 4.69) is 5.32 Å². The van der Waals surface area contributed by atoms with Gasteiger partial charge in [-0.25, -0.2) is 12.8 Å². The Bertz CT molecular complexity index is 617. The minimum atomic E-state index is -4.02. The highest BCUT2D eigenvalue weighted by Gasteiger charge is 2.26. The maximum Gasteiger partial charge on any atom is 0.245 e. The fourth-order valence-corrected chi connectivity index (χ4v) is 2.82. The Morgan fingerprint density at radius 3 is 2.62 bits per heavy atom. The molecule has 0 radical (unpaired) electrons. The number of nitrogens with two attached hydrogens (primary N) is 1. The second kappa shape index (κ2) is 6.86. The van der Waals surface area contributed by atoms with Gasteiger partial charge in [-0.15, -0.1) is 0 Å². The Balaban J connectivity index is 2.87. The molecular weight excluding hydrogens is 297 g/mol. The molecule has 1 aromatic carbocycles. The van der Waals surface area contributed by atoms with Crippen LogP contribution in [0.2, 0.25) is 0 Å². The van der Waals surface area contributed by atoms with Crippen molar-refractivity contribution in [2.45, 2.75) is 18.7 Å². The van der Waals surface area contributed by atoms with E-state index in [1.807, 2.05) is 13.8 Å². The van der Waals surface area contributed by atoms with Crippen molar-refractivity contribution in [1.82, 2.24) is 9.62 Å². The molecule has 3 N–H and O–H groups in total. The monoisotopic (exact) mass is 317 g/mol. The fraction of sp³-hybridized carbons (Fsp3) is 0.462. The number of carbonyl (C=O) groups is 1. The molecule has 1 rings (SSSR count). The molecule has 0 saturated heterocycles. The van der Waals surface area contributed by atoms with Gasteiger partial charge in [-0.2, -0.15) is 4.31 Å². The minimum Gasteiger partial charge on any atom is -0.395 e. The van der Waals surface area contributed by atoms with Crippen molar-refractivity contribution >= 4 is 21.6 Å². The van der Waals surface area contributed by atoms with Crippen LogP contribution < -0.4 is 11.1 Å². The van der Waals surface area contributed by atoms with Gasteiger partial charge in [0, 0.05) is 13.6 Å². The minimum absolute atomic E-state index is 0.259. The summed E-state index contributed by atoms with van der Waals surface area (Å²) >= 11 is 0. The van der Waals surface area contributed by atoms with E-state index in [0.29, 0.717) is 6.54 Å². The van der Waals surface area contributed by atoms with Gasteiger partial charge in [0.05, 0.1) is 12.2 Å². The summed E-state index contributed by atoms with van der Waals surface area (Å²) in [5.41, 5.74) is 5.00. The number of hydrogen-bond acceptors (Lipinski definition) is 4. The molecule has 0 saturated carbocycles. The molecule has 0 unspecified atom stereocenters. The van der Waals surface area contributed by atoms with Crippen LogP contribution in [0.1, 0.15) is 13.8 Å². The molecule has 0 aromatic heterocycles. The molecule has 0 bridgehead atoms. The number of likely N-dealkylation sites (N-methyl/N-ethyl adjacent to an activating group) is 1. The van der Waals surface area contributed by atoms with Gasteiger partial charge >= 0.3 is 0 Å². The number of carbonyl (C=O) groups excluding carboxylic acids is 1. The molecule has 0 aliphatic rings. The lowest BCUT2D eigenvalue weighted by Gasteiger charge is -2.18. The summed E-state index contributed by atoms with van der Waals surface area (Å²) in [6.45, 7) is 3.95. The van der Waals surface area contributed by atoms with Crippen molar-refractivity contribution in [2.75, 3.05) is 25.9 Å². The lowest BCUT2D eigenvalue weighted by molar-refractivity contribution is -0.121. The van der Waals surface area contributed by atoms with Crippen LogP contribution in [0.15, 0.2) is 23.1 Å². The van der Waals surface area contributed by atoms with Crippen molar-refractivity contribution < 1.29 is 17.6 Å². The standard InChI is InChI=1S/C13H20FN3O3S/c1-9(2)7-16-12(18)8-17(3)21(19,20)11-6-4-5-10(14)13(11)15/h4-6,9H,7-8,15H2,1-3H3,(H,16,18). The van der Waals surface area contributed by atoms with Crippen molar-refractivity contribution in [1.29, 1.82) is 0 Å². The van der Waals surface area contributed by atoms with Crippen LogP contribution in [-0.2, 0) is 14.8 Å². The van der Waals surface area contributed by atoms with Crippen LogP contribution in [0.4, 0.5) is 10.1 Å². The Labute approximate surface area is 124 Å². The van der Waals surface area contributed by atoms with E-state index in [4.69, 9.17) is 5.73 Å². The van der Waals surface area contributed by atoms with E-state index in [1.165, 1.54) is 19.2 Å². The molecule has 0 spiro atoms. The molecule has 0 fully saturated rings. The number of nitrogens with zero attached hydrogens (tertiary/aromatic N) is 1. The Morgan fingerprint density at radius 1 is 1.43 bits per heavy atom. The van der Waals surface area contributed by atoms with Gasteiger partial charge in [-0.1, -0.05) is 19.9 Å². The SMILES string of the molecule is CC(C)CNC(=O)CN(C)S(=O)(=O)c1cccc(F)c1N. The molecular formula is C13H20FN3O3S. The molecule has 0 atom stereocenters. The molecule has 0 aliphatic carbocycles. The molecule has 118 valence electrons. The van der Waals surface area contributed by atoms with Gasteiger partial charge in [-0.05, 0) is 18.1 Å². The number of anilines is 1. The lowest BCUT2D eigenvalue weighted by atomic mass is 10.2. The molecule has 8 heteroatoms. The first-order chi connectivity index (χ1) is 9.66. The normalized spacial score (nSPS) is 11.9. The molecule has 6 nitrogen and oxygen atoms in total. The number of nitrogens with one attached hydrogen (secondary N) is 1. The zero-order valence-electron chi connectivity index (χ0n) is 12.3. The van der Waals surface area contributed by atoms with Crippen LogP contribution in [0, 0.1) is 11.7 Å². The Morgan fingerprint density at radius 2 is 2.05 bits per heavy atom. The number of benzene rings is 1. The summed E-state index contributed by atoms with van der Waals surface area (Å²) in [7, 11) is -2.77. The summed E-state index contributed by atoms with van der Waals surface area (Å²) in [6, 6.07) is 3.53. The van der Waals surface area contributed by atoms with Crippen molar-refractivity contribution in [3.8, 4) is 0 Å². The second-order valence-corrected chi connectivity index (χ2v) is 7.12. The van der Waals surface area contributed by atoms with Crippen LogP contribution >= 0.6 is 0 Å². The Kier molecular flexibility index (Phi) is 5.68. The number of nitrogen functional groups attached to an aromatic ring is 1. The third-order valence-electron chi connectivity index (χ3n) is 2.77. The summed E-state index contributed by atoms with van der Waals surface area (Å²) < 4.78 is 38.8. The number of sulfonamides is 1. The largest absolute Gasteiger partial charge is 0.395 e. The lowest BCUT2D eigenvalue weighted by Crippen LogP contribution is -2.39. The average molecular weight is 317 g/mol. The zero-order valence-corrected chi connectivity index (χ0v) is 13.1. The predicted molar refractivity (Wildman–Crippen MR) is 78.5 cm³/mol. The highest BCUT2D eigenvalue weighted by atomic mass is 32.2. The quantitative estimate of drug-likeness (QED) is 0.759. The van der Waals surface area contributed by atoms with Crippen molar-refractivity contribution in [3.05, 3.63) is 24.0 Å². The van der Waals surface area contributed by atoms with Crippen LogP contribution in [0.3, 0.4) is 0 Å². The van der Waals surface area contributed by atoms with Gasteiger partial charge in [0.2, 0.25) is 15.9 Å². The topological polar surface area (TPSA) is 92.5 Å². The maximum absolute atomic E-state index is 13.4. The van der Waals surface area contributed by atoms with Gasteiger partial charge < -0.3 is 11.1 Å². The Hall–Kier alpha value is -1.67. The van der Waals surface area contributed by atoms with E-state index in [-0.39, 0.29) is 17.4 Å². The van der Waals surface area contributed by atoms with E-state index in [0.717, 1.165) is 10.4 Å². The smallest absolute Gasteiger partial charge is 0.245 e. The average Bonchev–Trinajstić information content (AvgIpc) is 2.39. The number of para-hydroxylation sites is 1. The van der Waals surface area contributed by atoms with E-state index < -0.39 is 27.4 Å². The zero-order chi connectivity index (χ0) is 16.2. The first-order valence-corrected chi connectivity index (χ1v) is 7.87.